The van der Waals surface area contributed by atoms with Gasteiger partial charge in [0.25, 0.3) is 5.69 Å². The summed E-state index contributed by atoms with van der Waals surface area (Å²) in [4.78, 5) is 61.2. The first-order chi connectivity index (χ1) is 20.8. The minimum atomic E-state index is -0.685. The van der Waals surface area contributed by atoms with E-state index in [1.54, 1.807) is 6.92 Å². The second-order valence-corrected chi connectivity index (χ2v) is 13.7. The highest BCUT2D eigenvalue weighted by Gasteiger charge is 2.66. The van der Waals surface area contributed by atoms with Gasteiger partial charge in [-0.05, 0) is 86.5 Å². The number of nitro benzene ring substituents is 2. The van der Waals surface area contributed by atoms with Crippen LogP contribution in [0.3, 0.4) is 0 Å². The molecular weight excluding hydrogens is 568 g/mol. The SMILES string of the molecule is CCOC(=O)CCC(C)C1CCC2C3C(=O)CC4CC(=NNc5ccc([N+](=O)[O-])cc5[N+](=O)[O-])CCC4(C)C3CC(=O)C12C. The molecule has 0 spiro atoms. The van der Waals surface area contributed by atoms with E-state index in [-0.39, 0.29) is 69.8 Å². The van der Waals surface area contributed by atoms with Crippen LogP contribution >= 0.6 is 0 Å². The molecule has 12 heteroatoms. The number of hydrogen-bond donors (Lipinski definition) is 1. The number of anilines is 1. The quantitative estimate of drug-likeness (QED) is 0.192. The number of carbonyl (C=O) groups is 3. The molecule has 0 heterocycles. The zero-order chi connectivity index (χ0) is 32.0. The molecule has 4 saturated carbocycles. The van der Waals surface area contributed by atoms with Crippen LogP contribution in [0, 0.1) is 66.6 Å². The third-order valence-corrected chi connectivity index (χ3v) is 11.8. The van der Waals surface area contributed by atoms with Gasteiger partial charge in [0.15, 0.2) is 0 Å². The number of Topliss-reactive ketones (excluding diaryl/α,β-unsaturated/α-hetero) is 2. The van der Waals surface area contributed by atoms with Crippen LogP contribution in [0.1, 0.15) is 85.5 Å². The standard InChI is InChI=1S/C32H42N4O8/c1-5-44-29(39)11-6-18(2)22-8-9-23-30-24(17-28(38)32(22,23)4)31(3)13-12-20(14-19(31)15-27(30)37)33-34-25-10-7-21(35(40)41)16-26(25)36(42)43/h7,10,16,18-19,22-24,30,34H,5-6,8-9,11-15,17H2,1-4H3. The van der Waals surface area contributed by atoms with E-state index in [2.05, 4.69) is 31.3 Å². The van der Waals surface area contributed by atoms with Gasteiger partial charge in [-0.1, -0.05) is 20.8 Å². The molecule has 8 unspecified atom stereocenters. The fourth-order valence-electron chi connectivity index (χ4n) is 9.30. The van der Waals surface area contributed by atoms with E-state index in [4.69, 9.17) is 4.74 Å². The van der Waals surface area contributed by atoms with Crippen LogP contribution in [0.2, 0.25) is 0 Å². The molecule has 4 aliphatic carbocycles. The van der Waals surface area contributed by atoms with E-state index < -0.39 is 20.9 Å². The van der Waals surface area contributed by atoms with Crippen molar-refractivity contribution in [3.63, 3.8) is 0 Å². The Hall–Kier alpha value is -3.70. The van der Waals surface area contributed by atoms with E-state index in [0.717, 1.165) is 31.0 Å². The molecule has 0 bridgehead atoms. The molecule has 4 fully saturated rings. The lowest BCUT2D eigenvalue weighted by molar-refractivity contribution is -0.393. The number of esters is 1. The maximum atomic E-state index is 14.1. The number of ether oxygens (including phenoxy) is 1. The fraction of sp³-hybridized carbons (Fsp3) is 0.688. The fourth-order valence-corrected chi connectivity index (χ4v) is 9.30. The molecule has 0 radical (unpaired) electrons. The van der Waals surface area contributed by atoms with Crippen LogP contribution < -0.4 is 5.43 Å². The molecule has 1 N–H and O–H groups in total. The van der Waals surface area contributed by atoms with Gasteiger partial charge >= 0.3 is 11.7 Å². The first-order valence-corrected chi connectivity index (χ1v) is 15.8. The second kappa shape index (κ2) is 12.0. The van der Waals surface area contributed by atoms with Crippen molar-refractivity contribution in [2.45, 2.75) is 85.5 Å². The summed E-state index contributed by atoms with van der Waals surface area (Å²) in [5.74, 6) is 0.397. The van der Waals surface area contributed by atoms with E-state index >= 15 is 0 Å². The molecule has 0 aliphatic heterocycles. The van der Waals surface area contributed by atoms with Crippen molar-refractivity contribution >= 4 is 40.3 Å². The number of carbonyl (C=O) groups excluding carboxylic acids is 3. The summed E-state index contributed by atoms with van der Waals surface area (Å²) in [5.41, 5.74) is 2.00. The summed E-state index contributed by atoms with van der Waals surface area (Å²) in [5, 5.41) is 27.0. The molecule has 238 valence electrons. The summed E-state index contributed by atoms with van der Waals surface area (Å²) in [6.45, 7) is 8.56. The zero-order valence-electron chi connectivity index (χ0n) is 25.9. The third-order valence-electron chi connectivity index (χ3n) is 11.8. The number of hydrazone groups is 1. The predicted octanol–water partition coefficient (Wildman–Crippen LogP) is 6.27. The molecule has 1 aromatic carbocycles. The monoisotopic (exact) mass is 610 g/mol. The largest absolute Gasteiger partial charge is 0.466 e. The van der Waals surface area contributed by atoms with Gasteiger partial charge in [-0.2, -0.15) is 5.10 Å². The van der Waals surface area contributed by atoms with E-state index in [1.165, 1.54) is 12.1 Å². The average molecular weight is 611 g/mol. The number of nitro groups is 2. The molecule has 12 nitrogen and oxygen atoms in total. The molecule has 0 saturated heterocycles. The van der Waals surface area contributed by atoms with Crippen LogP contribution in [0.25, 0.3) is 0 Å². The van der Waals surface area contributed by atoms with Gasteiger partial charge in [-0.25, -0.2) is 0 Å². The minimum Gasteiger partial charge on any atom is -0.466 e. The normalized spacial score (nSPS) is 34.5. The first-order valence-electron chi connectivity index (χ1n) is 15.8. The first kappa shape index (κ1) is 31.7. The van der Waals surface area contributed by atoms with E-state index in [0.29, 0.717) is 45.1 Å². The van der Waals surface area contributed by atoms with Gasteiger partial charge in [0.1, 0.15) is 17.3 Å². The molecule has 8 atom stereocenters. The molecule has 0 aromatic heterocycles. The van der Waals surface area contributed by atoms with Gasteiger partial charge in [0.05, 0.1) is 22.5 Å². The third kappa shape index (κ3) is 5.40. The highest BCUT2D eigenvalue weighted by Crippen LogP contribution is 2.66. The van der Waals surface area contributed by atoms with Gasteiger partial charge in [-0.15, -0.1) is 0 Å². The Morgan fingerprint density at radius 3 is 2.55 bits per heavy atom. The highest BCUT2D eigenvalue weighted by molar-refractivity contribution is 5.93. The van der Waals surface area contributed by atoms with Crippen molar-refractivity contribution < 1.29 is 29.0 Å². The maximum absolute atomic E-state index is 14.1. The molecule has 44 heavy (non-hydrogen) atoms. The summed E-state index contributed by atoms with van der Waals surface area (Å²) in [7, 11) is 0. The van der Waals surface area contributed by atoms with Crippen molar-refractivity contribution in [3.05, 3.63) is 38.4 Å². The number of nitrogens with zero attached hydrogens (tertiary/aromatic N) is 3. The van der Waals surface area contributed by atoms with Gasteiger partial charge in [0, 0.05) is 42.4 Å². The lowest BCUT2D eigenvalue weighted by Crippen LogP contribution is -2.60. The second-order valence-electron chi connectivity index (χ2n) is 13.7. The van der Waals surface area contributed by atoms with Crippen molar-refractivity contribution in [1.29, 1.82) is 0 Å². The minimum absolute atomic E-state index is 0.00786. The van der Waals surface area contributed by atoms with Crippen molar-refractivity contribution in [3.8, 4) is 0 Å². The van der Waals surface area contributed by atoms with Crippen LogP contribution in [0.5, 0.6) is 0 Å². The predicted molar refractivity (Wildman–Crippen MR) is 162 cm³/mol. The number of non-ortho nitro benzene ring substituents is 1. The zero-order valence-corrected chi connectivity index (χ0v) is 25.9. The Kier molecular flexibility index (Phi) is 8.65. The topological polar surface area (TPSA) is 171 Å². The highest BCUT2D eigenvalue weighted by atomic mass is 16.6. The van der Waals surface area contributed by atoms with Crippen LogP contribution in [-0.4, -0.2) is 39.7 Å². The maximum Gasteiger partial charge on any atom is 0.305 e. The Morgan fingerprint density at radius 2 is 1.86 bits per heavy atom. The lowest BCUT2D eigenvalue weighted by atomic mass is 9.44. The average Bonchev–Trinajstić information content (AvgIpc) is 3.34. The summed E-state index contributed by atoms with van der Waals surface area (Å²) in [6.07, 6.45) is 5.45. The van der Waals surface area contributed by atoms with Gasteiger partial charge in [-0.3, -0.25) is 40.0 Å². The molecule has 0 amide bonds. The summed E-state index contributed by atoms with van der Waals surface area (Å²) < 4.78 is 5.11. The Bertz CT molecular complexity index is 1410. The summed E-state index contributed by atoms with van der Waals surface area (Å²) in [6, 6.07) is 3.37. The smallest absolute Gasteiger partial charge is 0.305 e. The Morgan fingerprint density at radius 1 is 1.11 bits per heavy atom. The number of hydrogen-bond acceptors (Lipinski definition) is 10. The molecular formula is C32H42N4O8. The Labute approximate surface area is 256 Å². The van der Waals surface area contributed by atoms with Crippen molar-refractivity contribution in [2.24, 2.45) is 51.4 Å². The summed E-state index contributed by atoms with van der Waals surface area (Å²) >= 11 is 0. The molecule has 1 aromatic rings. The van der Waals surface area contributed by atoms with Gasteiger partial charge < -0.3 is 4.74 Å². The lowest BCUT2D eigenvalue weighted by Gasteiger charge is -2.59. The number of benzene rings is 1. The van der Waals surface area contributed by atoms with Crippen LogP contribution in [0.15, 0.2) is 23.3 Å². The number of ketones is 2. The molecule has 4 aliphatic rings. The van der Waals surface area contributed by atoms with Crippen LogP contribution in [0.4, 0.5) is 17.1 Å². The van der Waals surface area contributed by atoms with E-state index in [9.17, 15) is 34.6 Å². The number of rotatable bonds is 9. The Balaban J connectivity index is 1.31. The van der Waals surface area contributed by atoms with Crippen LogP contribution in [-0.2, 0) is 19.1 Å². The van der Waals surface area contributed by atoms with Crippen molar-refractivity contribution in [1.82, 2.24) is 0 Å². The van der Waals surface area contributed by atoms with E-state index in [1.807, 2.05) is 0 Å². The number of fused-ring (bicyclic) bond motifs is 5. The molecule has 5 rings (SSSR count). The number of nitrogens with one attached hydrogen (secondary N) is 1. The van der Waals surface area contributed by atoms with Gasteiger partial charge in [0.2, 0.25) is 0 Å². The van der Waals surface area contributed by atoms with Crippen molar-refractivity contribution in [2.75, 3.05) is 12.0 Å².